The van der Waals surface area contributed by atoms with Gasteiger partial charge in [0.25, 0.3) is 0 Å². The summed E-state index contributed by atoms with van der Waals surface area (Å²) in [4.78, 5) is 10.7. The molecule has 0 saturated heterocycles. The predicted octanol–water partition coefficient (Wildman–Crippen LogP) is 16.3. The summed E-state index contributed by atoms with van der Waals surface area (Å²) >= 11 is 1.79. The zero-order valence-electron chi connectivity index (χ0n) is 35.0. The first-order valence-electron chi connectivity index (χ1n) is 21.5. The third-order valence-corrected chi connectivity index (χ3v) is 13.5. The second-order valence-corrected chi connectivity index (χ2v) is 17.3. The van der Waals surface area contributed by atoms with Crippen LogP contribution in [0.15, 0.2) is 227 Å². The summed E-state index contributed by atoms with van der Waals surface area (Å²) in [6.45, 7) is 6.74. The van der Waals surface area contributed by atoms with Crippen LogP contribution in [0.25, 0.3) is 97.6 Å². The second-order valence-electron chi connectivity index (χ2n) is 16.3. The summed E-state index contributed by atoms with van der Waals surface area (Å²) in [7, 11) is 0. The largest absolute Gasteiger partial charge is 0.456 e. The van der Waals surface area contributed by atoms with Crippen LogP contribution in [0.1, 0.15) is 23.6 Å². The summed E-state index contributed by atoms with van der Waals surface area (Å²) in [6.07, 6.45) is 0. The van der Waals surface area contributed by atoms with Crippen molar-refractivity contribution in [2.75, 3.05) is 0 Å². The molecule has 0 bridgehead atoms. The van der Waals surface area contributed by atoms with Crippen molar-refractivity contribution >= 4 is 92.5 Å². The number of thiophene rings is 1. The molecule has 12 rings (SSSR count). The van der Waals surface area contributed by atoms with Crippen LogP contribution in [0.2, 0.25) is 0 Å². The molecule has 0 spiro atoms. The molecular weight excluding hydrogens is 799 g/mol. The lowest BCUT2D eigenvalue weighted by molar-refractivity contribution is 0.669. The number of nitrogens with zero attached hydrogens (tertiary/aromatic N) is 3. The number of benzene rings is 9. The molecule has 0 aliphatic rings. The van der Waals surface area contributed by atoms with Gasteiger partial charge in [-0.2, -0.15) is 0 Å². The fourth-order valence-electron chi connectivity index (χ4n) is 9.25. The van der Waals surface area contributed by atoms with E-state index < -0.39 is 0 Å². The molecule has 302 valence electrons. The first kappa shape index (κ1) is 37.6. The fraction of sp³-hybridized carbons (Fsp3) is 0.0169. The molecule has 0 radical (unpaired) electrons. The minimum absolute atomic E-state index is 0.602. The molecule has 3 aromatic heterocycles. The summed E-state index contributed by atoms with van der Waals surface area (Å²) in [5, 5.41) is 6.94. The van der Waals surface area contributed by atoms with Gasteiger partial charge in [-0.1, -0.05) is 152 Å². The summed E-state index contributed by atoms with van der Waals surface area (Å²) < 4.78 is 11.2. The normalized spacial score (nSPS) is 12.4. The molecule has 0 amide bonds. The molecule has 5 heteroatoms. The lowest BCUT2D eigenvalue weighted by atomic mass is 10.0. The second kappa shape index (κ2) is 15.3. The van der Waals surface area contributed by atoms with Gasteiger partial charge >= 0.3 is 0 Å². The number of aliphatic imine (C=N–C) groups is 2. The van der Waals surface area contributed by atoms with Gasteiger partial charge in [-0.3, -0.25) is 0 Å². The van der Waals surface area contributed by atoms with Gasteiger partial charge in [0.2, 0.25) is 0 Å². The number of fused-ring (bicyclic) bond motifs is 9. The predicted molar refractivity (Wildman–Crippen MR) is 272 cm³/mol. The summed E-state index contributed by atoms with van der Waals surface area (Å²) in [5.41, 5.74) is 14.1. The van der Waals surface area contributed by atoms with Crippen LogP contribution < -0.4 is 0 Å². The van der Waals surface area contributed by atoms with Crippen LogP contribution in [-0.4, -0.2) is 16.1 Å². The summed E-state index contributed by atoms with van der Waals surface area (Å²) in [5.74, 6) is 0.602. The van der Waals surface area contributed by atoms with Crippen molar-refractivity contribution in [3.05, 3.63) is 230 Å². The van der Waals surface area contributed by atoms with Gasteiger partial charge in [0, 0.05) is 70.3 Å². The number of aromatic nitrogens is 1. The van der Waals surface area contributed by atoms with Crippen LogP contribution in [0.5, 0.6) is 0 Å². The minimum atomic E-state index is 0.602. The molecule has 64 heavy (non-hydrogen) atoms. The monoisotopic (exact) mass is 837 g/mol. The third-order valence-electron chi connectivity index (χ3n) is 12.3. The Balaban J connectivity index is 1.01. The van der Waals surface area contributed by atoms with E-state index in [1.807, 2.05) is 24.3 Å². The lowest BCUT2D eigenvalue weighted by Gasteiger charge is -2.11. The molecule has 0 aliphatic heterocycles. The van der Waals surface area contributed by atoms with Crippen LogP contribution in [0.4, 0.5) is 0 Å². The van der Waals surface area contributed by atoms with E-state index >= 15 is 0 Å². The molecular formula is C59H39N3OS. The molecule has 0 N–H and O–H groups in total. The average Bonchev–Trinajstić information content (AvgIpc) is 4.02. The Labute approximate surface area is 374 Å². The van der Waals surface area contributed by atoms with Crippen molar-refractivity contribution in [3.63, 3.8) is 0 Å². The van der Waals surface area contributed by atoms with E-state index in [2.05, 4.69) is 200 Å². The van der Waals surface area contributed by atoms with Gasteiger partial charge < -0.3 is 8.98 Å². The zero-order valence-corrected chi connectivity index (χ0v) is 35.8. The fourth-order valence-corrected chi connectivity index (χ4v) is 10.4. The van der Waals surface area contributed by atoms with Crippen molar-refractivity contribution in [1.82, 2.24) is 4.57 Å². The van der Waals surface area contributed by atoms with E-state index in [1.165, 1.54) is 20.2 Å². The standard InChI is InChI=1S/C59H39N3OS/c1-37(41-20-13-21-42(32-41)39-16-5-3-6-17-39)60-59(44-23-14-22-43(33-44)40-18-7-4-8-19-40)61-38(2)46-26-15-29-57-58(46)51-34-45(30-31-56(51)64-57)62-52-27-11-9-24-47(52)49-35-50-48-25-10-12-28-54(48)63-55(50)36-53(49)62/h3-36H,2H2,1H3/b60-37+,61-59-. The third kappa shape index (κ3) is 6.45. The molecule has 0 unspecified atom stereocenters. The van der Waals surface area contributed by atoms with Crippen molar-refractivity contribution in [2.24, 2.45) is 9.98 Å². The molecule has 12 aromatic rings. The van der Waals surface area contributed by atoms with E-state index in [9.17, 15) is 0 Å². The van der Waals surface area contributed by atoms with Gasteiger partial charge in [-0.25, -0.2) is 9.98 Å². The van der Waals surface area contributed by atoms with Gasteiger partial charge in [0.1, 0.15) is 11.2 Å². The van der Waals surface area contributed by atoms with E-state index in [4.69, 9.17) is 14.4 Å². The van der Waals surface area contributed by atoms with E-state index in [1.54, 1.807) is 11.3 Å². The van der Waals surface area contributed by atoms with Crippen LogP contribution in [0, 0.1) is 0 Å². The van der Waals surface area contributed by atoms with Crippen molar-refractivity contribution in [2.45, 2.75) is 6.92 Å². The number of amidine groups is 1. The smallest absolute Gasteiger partial charge is 0.160 e. The Kier molecular flexibility index (Phi) is 9.02. The molecule has 0 fully saturated rings. The van der Waals surface area contributed by atoms with Crippen molar-refractivity contribution < 1.29 is 4.42 Å². The minimum Gasteiger partial charge on any atom is -0.456 e. The van der Waals surface area contributed by atoms with Gasteiger partial charge in [0.15, 0.2) is 5.84 Å². The topological polar surface area (TPSA) is 42.8 Å². The van der Waals surface area contributed by atoms with Gasteiger partial charge in [-0.15, -0.1) is 11.3 Å². The lowest BCUT2D eigenvalue weighted by Crippen LogP contribution is -2.05. The van der Waals surface area contributed by atoms with Crippen LogP contribution in [0.3, 0.4) is 0 Å². The van der Waals surface area contributed by atoms with Gasteiger partial charge in [-0.05, 0) is 89.3 Å². The van der Waals surface area contributed by atoms with Gasteiger partial charge in [0.05, 0.1) is 16.7 Å². The van der Waals surface area contributed by atoms with E-state index in [0.29, 0.717) is 11.5 Å². The zero-order chi connectivity index (χ0) is 42.7. The number of hydrogen-bond donors (Lipinski definition) is 0. The quantitative estimate of drug-likeness (QED) is 0.116. The number of furan rings is 1. The highest BCUT2D eigenvalue weighted by molar-refractivity contribution is 7.25. The molecule has 0 aliphatic carbocycles. The maximum Gasteiger partial charge on any atom is 0.160 e. The number of para-hydroxylation sites is 2. The number of rotatable bonds is 7. The maximum atomic E-state index is 6.43. The van der Waals surface area contributed by atoms with E-state index in [0.717, 1.165) is 94.1 Å². The molecule has 3 heterocycles. The number of hydrogen-bond acceptors (Lipinski definition) is 3. The molecule has 0 saturated carbocycles. The Morgan fingerprint density at radius 3 is 1.91 bits per heavy atom. The SMILES string of the molecule is C=C(/N=C(\N=C(/C)c1cccc(-c2ccccc2)c1)c1cccc(-c2ccccc2)c1)c1cccc2sc3ccc(-n4c5ccccc5c5cc6c(cc54)oc4ccccc46)cc3c12. The van der Waals surface area contributed by atoms with Crippen LogP contribution in [-0.2, 0) is 0 Å². The van der Waals surface area contributed by atoms with Crippen molar-refractivity contribution in [1.29, 1.82) is 0 Å². The highest BCUT2D eigenvalue weighted by Gasteiger charge is 2.19. The molecule has 9 aromatic carbocycles. The Hall–Kier alpha value is -8.12. The van der Waals surface area contributed by atoms with Crippen molar-refractivity contribution in [3.8, 4) is 27.9 Å². The average molecular weight is 838 g/mol. The van der Waals surface area contributed by atoms with Crippen LogP contribution >= 0.6 is 11.3 Å². The first-order chi connectivity index (χ1) is 31.5. The van der Waals surface area contributed by atoms with E-state index in [-0.39, 0.29) is 0 Å². The highest BCUT2D eigenvalue weighted by atomic mass is 32.1. The Morgan fingerprint density at radius 2 is 1.12 bits per heavy atom. The Morgan fingerprint density at radius 1 is 0.469 bits per heavy atom. The Bertz CT molecular complexity index is 3870. The molecule has 4 nitrogen and oxygen atoms in total. The first-order valence-corrected chi connectivity index (χ1v) is 22.3. The highest BCUT2D eigenvalue weighted by Crippen LogP contribution is 2.42. The maximum absolute atomic E-state index is 6.43. The summed E-state index contributed by atoms with van der Waals surface area (Å²) in [6, 6.07) is 72.7. The molecule has 0 atom stereocenters.